The molecule has 1 saturated carbocycles. The van der Waals surface area contributed by atoms with Crippen molar-refractivity contribution in [3.63, 3.8) is 0 Å². The van der Waals surface area contributed by atoms with Gasteiger partial charge in [0, 0.05) is 36.0 Å². The van der Waals surface area contributed by atoms with E-state index in [2.05, 4.69) is 43.5 Å². The second-order valence-corrected chi connectivity index (χ2v) is 11.2. The Hall–Kier alpha value is -3.53. The molecule has 10 heteroatoms. The quantitative estimate of drug-likeness (QED) is 0.188. The molecule has 0 spiro atoms. The zero-order valence-electron chi connectivity index (χ0n) is 22.0. The summed E-state index contributed by atoms with van der Waals surface area (Å²) in [6.45, 7) is 2.69. The number of carbonyl (C=O) groups is 2. The summed E-state index contributed by atoms with van der Waals surface area (Å²) in [5.41, 5.74) is 2.39. The molecule has 2 aromatic heterocycles. The first-order chi connectivity index (χ1) is 18.9. The number of carboxylic acid groups (broad SMARTS) is 1. The SMILES string of the molecule is CCCCCC(=O)N(Cc1ccc2oc(-c3ccccc3-c3nnn[nH]3)c(Br)c2c1)CC1(C(=O)O)CCCC1. The van der Waals surface area contributed by atoms with Crippen LogP contribution in [0.5, 0.6) is 0 Å². The first-order valence-electron chi connectivity index (χ1n) is 13.5. The summed E-state index contributed by atoms with van der Waals surface area (Å²) in [6.07, 6.45) is 6.22. The normalized spacial score (nSPS) is 14.6. The highest BCUT2D eigenvalue weighted by molar-refractivity contribution is 9.10. The molecular weight excluding hydrogens is 562 g/mol. The van der Waals surface area contributed by atoms with E-state index in [1.807, 2.05) is 42.5 Å². The van der Waals surface area contributed by atoms with Gasteiger partial charge in [-0.1, -0.05) is 62.9 Å². The number of aromatic nitrogens is 4. The van der Waals surface area contributed by atoms with Crippen LogP contribution in [0.4, 0.5) is 0 Å². The van der Waals surface area contributed by atoms with E-state index >= 15 is 0 Å². The number of aromatic amines is 1. The van der Waals surface area contributed by atoms with Gasteiger partial charge in [-0.15, -0.1) is 5.10 Å². The number of halogens is 1. The van der Waals surface area contributed by atoms with Gasteiger partial charge in [-0.25, -0.2) is 5.10 Å². The number of rotatable bonds is 11. The number of hydrogen-bond acceptors (Lipinski definition) is 6. The van der Waals surface area contributed by atoms with E-state index in [-0.39, 0.29) is 12.5 Å². The van der Waals surface area contributed by atoms with E-state index in [4.69, 9.17) is 4.42 Å². The Labute approximate surface area is 235 Å². The molecule has 1 aliphatic rings. The number of carboxylic acids is 1. The van der Waals surface area contributed by atoms with E-state index < -0.39 is 11.4 Å². The Morgan fingerprint density at radius 3 is 2.59 bits per heavy atom. The van der Waals surface area contributed by atoms with Crippen molar-refractivity contribution in [1.82, 2.24) is 25.5 Å². The molecular formula is C29H32BrN5O4. The minimum atomic E-state index is -0.868. The number of nitrogens with zero attached hydrogens (tertiary/aromatic N) is 4. The molecule has 0 aliphatic heterocycles. The molecule has 204 valence electrons. The van der Waals surface area contributed by atoms with E-state index in [9.17, 15) is 14.7 Å². The average molecular weight is 595 g/mol. The molecule has 1 fully saturated rings. The number of nitrogens with one attached hydrogen (secondary N) is 1. The number of hydrogen-bond donors (Lipinski definition) is 2. The third-order valence-electron chi connectivity index (χ3n) is 7.69. The molecule has 0 bridgehead atoms. The van der Waals surface area contributed by atoms with Crippen molar-refractivity contribution >= 4 is 38.8 Å². The average Bonchev–Trinajstić information content (AvgIpc) is 3.70. The largest absolute Gasteiger partial charge is 0.481 e. The molecule has 2 N–H and O–H groups in total. The summed E-state index contributed by atoms with van der Waals surface area (Å²) in [4.78, 5) is 27.4. The lowest BCUT2D eigenvalue weighted by atomic mass is 9.85. The van der Waals surface area contributed by atoms with Crippen molar-refractivity contribution in [1.29, 1.82) is 0 Å². The van der Waals surface area contributed by atoms with Crippen molar-refractivity contribution in [2.75, 3.05) is 6.54 Å². The summed E-state index contributed by atoms with van der Waals surface area (Å²) in [5, 5.41) is 25.2. The van der Waals surface area contributed by atoms with Gasteiger partial charge in [-0.2, -0.15) is 0 Å². The maximum absolute atomic E-state index is 13.3. The van der Waals surface area contributed by atoms with Crippen molar-refractivity contribution in [2.45, 2.75) is 64.8 Å². The molecule has 0 radical (unpaired) electrons. The van der Waals surface area contributed by atoms with Crippen molar-refractivity contribution in [3.8, 4) is 22.7 Å². The molecule has 1 amide bonds. The van der Waals surface area contributed by atoms with Crippen LogP contribution >= 0.6 is 15.9 Å². The van der Waals surface area contributed by atoms with E-state index in [0.29, 0.717) is 43.0 Å². The summed E-state index contributed by atoms with van der Waals surface area (Å²) < 4.78 is 7.05. The summed E-state index contributed by atoms with van der Waals surface area (Å²) in [7, 11) is 0. The molecule has 9 nitrogen and oxygen atoms in total. The fourth-order valence-electron chi connectivity index (χ4n) is 5.54. The fourth-order valence-corrected chi connectivity index (χ4v) is 6.15. The summed E-state index contributed by atoms with van der Waals surface area (Å²) in [5.74, 6) is 0.398. The Balaban J connectivity index is 1.46. The molecule has 0 atom stereocenters. The van der Waals surface area contributed by atoms with Crippen LogP contribution in [0.3, 0.4) is 0 Å². The maximum atomic E-state index is 13.3. The summed E-state index contributed by atoms with van der Waals surface area (Å²) >= 11 is 3.74. The van der Waals surface area contributed by atoms with E-state index in [1.54, 1.807) is 4.90 Å². The van der Waals surface area contributed by atoms with Crippen LogP contribution < -0.4 is 0 Å². The zero-order valence-corrected chi connectivity index (χ0v) is 23.5. The second-order valence-electron chi connectivity index (χ2n) is 10.4. The van der Waals surface area contributed by atoms with Crippen LogP contribution in [0, 0.1) is 5.41 Å². The lowest BCUT2D eigenvalue weighted by Gasteiger charge is -2.32. The fraction of sp³-hybridized carbons (Fsp3) is 0.414. The number of benzene rings is 2. The van der Waals surface area contributed by atoms with Crippen LogP contribution in [-0.2, 0) is 16.1 Å². The molecule has 4 aromatic rings. The molecule has 0 unspecified atom stereocenters. The number of H-pyrrole nitrogens is 1. The Morgan fingerprint density at radius 2 is 1.90 bits per heavy atom. The van der Waals surface area contributed by atoms with Gasteiger partial charge in [0.15, 0.2) is 5.82 Å². The number of aliphatic carboxylic acids is 1. The Bertz CT molecular complexity index is 1460. The number of fused-ring (bicyclic) bond motifs is 1. The Morgan fingerprint density at radius 1 is 1.13 bits per heavy atom. The molecule has 2 heterocycles. The number of amides is 1. The number of carbonyl (C=O) groups excluding carboxylic acids is 1. The minimum absolute atomic E-state index is 0.0117. The third kappa shape index (κ3) is 5.61. The summed E-state index contributed by atoms with van der Waals surface area (Å²) in [6, 6.07) is 13.6. The standard InChI is InChI=1S/C29H32BrN5O4/c1-2-3-4-11-24(36)35(18-29(28(37)38)14-7-8-15-29)17-19-12-13-23-22(16-19)25(30)26(39-23)20-9-5-6-10-21(20)27-31-33-34-32-27/h5-6,9-10,12-13,16H,2-4,7-8,11,14-15,17-18H2,1H3,(H,37,38)(H,31,32,33,34). The predicted molar refractivity (Wildman–Crippen MR) is 151 cm³/mol. The highest BCUT2D eigenvalue weighted by Gasteiger charge is 2.43. The maximum Gasteiger partial charge on any atom is 0.311 e. The van der Waals surface area contributed by atoms with Gasteiger partial charge in [-0.05, 0) is 63.3 Å². The first kappa shape index (κ1) is 27.1. The first-order valence-corrected chi connectivity index (χ1v) is 14.3. The minimum Gasteiger partial charge on any atom is -0.481 e. The molecule has 1 aliphatic carbocycles. The zero-order chi connectivity index (χ0) is 27.4. The van der Waals surface area contributed by atoms with E-state index in [1.165, 1.54) is 0 Å². The second kappa shape index (κ2) is 11.7. The van der Waals surface area contributed by atoms with Crippen LogP contribution in [-0.4, -0.2) is 49.1 Å². The van der Waals surface area contributed by atoms with Gasteiger partial charge in [0.25, 0.3) is 0 Å². The van der Waals surface area contributed by atoms with Gasteiger partial charge in [0.05, 0.1) is 9.89 Å². The van der Waals surface area contributed by atoms with Crippen molar-refractivity contribution < 1.29 is 19.1 Å². The van der Waals surface area contributed by atoms with Crippen LogP contribution in [0.2, 0.25) is 0 Å². The number of unbranched alkanes of at least 4 members (excludes halogenated alkanes) is 2. The smallest absolute Gasteiger partial charge is 0.311 e. The monoisotopic (exact) mass is 593 g/mol. The van der Waals surface area contributed by atoms with Crippen LogP contribution in [0.25, 0.3) is 33.7 Å². The number of tetrazole rings is 1. The van der Waals surface area contributed by atoms with Crippen molar-refractivity contribution in [3.05, 3.63) is 52.5 Å². The molecule has 5 rings (SSSR count). The van der Waals surface area contributed by atoms with Crippen LogP contribution in [0.15, 0.2) is 51.4 Å². The predicted octanol–water partition coefficient (Wildman–Crippen LogP) is 6.60. The van der Waals surface area contributed by atoms with Crippen LogP contribution in [0.1, 0.15) is 63.9 Å². The van der Waals surface area contributed by atoms with Crippen molar-refractivity contribution in [2.24, 2.45) is 5.41 Å². The molecule has 39 heavy (non-hydrogen) atoms. The number of furan rings is 1. The topological polar surface area (TPSA) is 125 Å². The molecule has 0 saturated heterocycles. The highest BCUT2D eigenvalue weighted by atomic mass is 79.9. The molecule has 2 aromatic carbocycles. The van der Waals surface area contributed by atoms with E-state index in [0.717, 1.165) is 58.7 Å². The van der Waals surface area contributed by atoms with Gasteiger partial charge in [0.1, 0.15) is 11.3 Å². The van der Waals surface area contributed by atoms with Gasteiger partial charge < -0.3 is 14.4 Å². The van der Waals surface area contributed by atoms with Gasteiger partial charge in [-0.3, -0.25) is 9.59 Å². The Kier molecular flexibility index (Phi) is 8.11. The highest BCUT2D eigenvalue weighted by Crippen LogP contribution is 2.42. The van der Waals surface area contributed by atoms with Gasteiger partial charge >= 0.3 is 5.97 Å². The third-order valence-corrected chi connectivity index (χ3v) is 8.48. The lowest BCUT2D eigenvalue weighted by molar-refractivity contribution is -0.151. The lowest BCUT2D eigenvalue weighted by Crippen LogP contribution is -2.44. The van der Waals surface area contributed by atoms with Gasteiger partial charge in [0.2, 0.25) is 5.91 Å².